The van der Waals surface area contributed by atoms with E-state index in [9.17, 15) is 4.79 Å². The number of hydrogen-bond acceptors (Lipinski definition) is 5. The first-order valence-corrected chi connectivity index (χ1v) is 12.1. The molecule has 8 heteroatoms. The van der Waals surface area contributed by atoms with Crippen LogP contribution in [0.3, 0.4) is 0 Å². The van der Waals surface area contributed by atoms with Crippen molar-refractivity contribution in [1.29, 1.82) is 0 Å². The fraction of sp³-hybridized carbons (Fsp3) is 0.913. The second-order valence-electron chi connectivity index (χ2n) is 9.64. The van der Waals surface area contributed by atoms with Gasteiger partial charge in [-0.2, -0.15) is 0 Å². The molecule has 2 aliphatic rings. The van der Waals surface area contributed by atoms with Gasteiger partial charge in [0.2, 0.25) is 0 Å². The van der Waals surface area contributed by atoms with E-state index in [1.54, 1.807) is 0 Å². The van der Waals surface area contributed by atoms with E-state index in [0.29, 0.717) is 18.5 Å². The standard InChI is InChI=1S/C23H45N5O3/c1-7-24-21(25-17-19(3)27-13-15-30-16-14-27)28-11-9-20(10-12-28)18-26(8-2)22(29)31-23(4,5)6/h19-20H,7-18H2,1-6H3,(H,24,25). The number of morpholine rings is 1. The predicted octanol–water partition coefficient (Wildman–Crippen LogP) is 2.64. The summed E-state index contributed by atoms with van der Waals surface area (Å²) in [5, 5.41) is 3.47. The van der Waals surface area contributed by atoms with Crippen LogP contribution in [0, 0.1) is 5.92 Å². The van der Waals surface area contributed by atoms with E-state index in [4.69, 9.17) is 14.5 Å². The number of likely N-dealkylation sites (tertiary alicyclic amines) is 1. The lowest BCUT2D eigenvalue weighted by Gasteiger charge is -2.37. The Morgan fingerprint density at radius 1 is 1.19 bits per heavy atom. The highest BCUT2D eigenvalue weighted by atomic mass is 16.6. The van der Waals surface area contributed by atoms with Crippen LogP contribution >= 0.6 is 0 Å². The highest BCUT2D eigenvalue weighted by Crippen LogP contribution is 2.20. The van der Waals surface area contributed by atoms with Crippen molar-refractivity contribution in [3.8, 4) is 0 Å². The van der Waals surface area contributed by atoms with Crippen LogP contribution in [-0.2, 0) is 9.47 Å². The Kier molecular flexibility index (Phi) is 10.4. The summed E-state index contributed by atoms with van der Waals surface area (Å²) in [6.45, 7) is 20.8. The van der Waals surface area contributed by atoms with E-state index in [2.05, 4.69) is 29.0 Å². The van der Waals surface area contributed by atoms with Crippen LogP contribution < -0.4 is 5.32 Å². The molecule has 2 aliphatic heterocycles. The van der Waals surface area contributed by atoms with Gasteiger partial charge in [0.15, 0.2) is 5.96 Å². The molecule has 180 valence electrons. The van der Waals surface area contributed by atoms with Crippen LogP contribution in [0.25, 0.3) is 0 Å². The van der Waals surface area contributed by atoms with Gasteiger partial charge >= 0.3 is 6.09 Å². The van der Waals surface area contributed by atoms with Gasteiger partial charge < -0.3 is 24.6 Å². The molecule has 1 atom stereocenters. The quantitative estimate of drug-likeness (QED) is 0.486. The lowest BCUT2D eigenvalue weighted by Crippen LogP contribution is -2.48. The first-order chi connectivity index (χ1) is 14.7. The molecule has 31 heavy (non-hydrogen) atoms. The van der Waals surface area contributed by atoms with E-state index in [1.807, 2.05) is 32.6 Å². The average molecular weight is 440 g/mol. The zero-order chi connectivity index (χ0) is 22.9. The molecule has 2 saturated heterocycles. The lowest BCUT2D eigenvalue weighted by atomic mass is 9.96. The van der Waals surface area contributed by atoms with Gasteiger partial charge in [-0.1, -0.05) is 0 Å². The zero-order valence-electron chi connectivity index (χ0n) is 20.7. The molecule has 0 bridgehead atoms. The van der Waals surface area contributed by atoms with Crippen LogP contribution in [0.15, 0.2) is 4.99 Å². The van der Waals surface area contributed by atoms with Crippen LogP contribution in [0.5, 0.6) is 0 Å². The van der Waals surface area contributed by atoms with Crippen molar-refractivity contribution in [2.75, 3.05) is 65.6 Å². The van der Waals surface area contributed by atoms with Gasteiger partial charge in [0.05, 0.1) is 19.8 Å². The van der Waals surface area contributed by atoms with Crippen LogP contribution in [0.1, 0.15) is 54.4 Å². The highest BCUT2D eigenvalue weighted by Gasteiger charge is 2.27. The van der Waals surface area contributed by atoms with Crippen molar-refractivity contribution in [2.24, 2.45) is 10.9 Å². The first-order valence-electron chi connectivity index (χ1n) is 12.1. The van der Waals surface area contributed by atoms with Crippen molar-refractivity contribution in [2.45, 2.75) is 66.0 Å². The zero-order valence-corrected chi connectivity index (χ0v) is 20.7. The fourth-order valence-electron chi connectivity index (χ4n) is 4.08. The predicted molar refractivity (Wildman–Crippen MR) is 126 cm³/mol. The molecule has 0 saturated carbocycles. The topological polar surface area (TPSA) is 69.6 Å². The normalized spacial score (nSPS) is 20.5. The minimum Gasteiger partial charge on any atom is -0.444 e. The number of amides is 1. The summed E-state index contributed by atoms with van der Waals surface area (Å²) in [6.07, 6.45) is 1.91. The van der Waals surface area contributed by atoms with Crippen molar-refractivity contribution in [1.82, 2.24) is 20.0 Å². The lowest BCUT2D eigenvalue weighted by molar-refractivity contribution is 0.0211. The van der Waals surface area contributed by atoms with Gasteiger partial charge in [0.1, 0.15) is 5.60 Å². The number of ether oxygens (including phenoxy) is 2. The molecule has 0 aromatic rings. The Labute approximate surface area is 189 Å². The molecule has 8 nitrogen and oxygen atoms in total. The second-order valence-corrected chi connectivity index (χ2v) is 9.64. The second kappa shape index (κ2) is 12.5. The molecule has 0 aromatic heterocycles. The Balaban J connectivity index is 1.85. The van der Waals surface area contributed by atoms with Crippen molar-refractivity contribution < 1.29 is 14.3 Å². The Bertz CT molecular complexity index is 564. The Morgan fingerprint density at radius 3 is 2.39 bits per heavy atom. The summed E-state index contributed by atoms with van der Waals surface area (Å²) in [5.41, 5.74) is -0.455. The first kappa shape index (κ1) is 25.7. The van der Waals surface area contributed by atoms with Crippen molar-refractivity contribution in [3.05, 3.63) is 0 Å². The minimum atomic E-state index is -0.455. The summed E-state index contributed by atoms with van der Waals surface area (Å²) >= 11 is 0. The maximum atomic E-state index is 12.5. The van der Waals surface area contributed by atoms with E-state index in [0.717, 1.165) is 77.8 Å². The maximum absolute atomic E-state index is 12.5. The maximum Gasteiger partial charge on any atom is 0.410 e. The molecule has 2 rings (SSSR count). The number of rotatable bonds is 7. The van der Waals surface area contributed by atoms with Gasteiger partial charge in [-0.05, 0) is 60.3 Å². The monoisotopic (exact) mass is 439 g/mol. The third-order valence-corrected chi connectivity index (χ3v) is 5.94. The molecule has 2 fully saturated rings. The summed E-state index contributed by atoms with van der Waals surface area (Å²) in [7, 11) is 0. The van der Waals surface area contributed by atoms with Gasteiger partial charge in [-0.3, -0.25) is 9.89 Å². The van der Waals surface area contributed by atoms with Gasteiger partial charge in [0, 0.05) is 51.9 Å². The van der Waals surface area contributed by atoms with E-state index >= 15 is 0 Å². The molecule has 0 aliphatic carbocycles. The van der Waals surface area contributed by atoms with Crippen molar-refractivity contribution in [3.63, 3.8) is 0 Å². The molecular formula is C23H45N5O3. The number of nitrogens with one attached hydrogen (secondary N) is 1. The molecule has 1 N–H and O–H groups in total. The van der Waals surface area contributed by atoms with Crippen LogP contribution in [0.2, 0.25) is 0 Å². The largest absolute Gasteiger partial charge is 0.444 e. The van der Waals surface area contributed by atoms with Crippen LogP contribution in [-0.4, -0.2) is 104 Å². The molecule has 1 amide bonds. The van der Waals surface area contributed by atoms with E-state index in [1.165, 1.54) is 0 Å². The molecule has 0 aromatic carbocycles. The number of piperidine rings is 1. The molecule has 0 spiro atoms. The third kappa shape index (κ3) is 8.85. The van der Waals surface area contributed by atoms with Gasteiger partial charge in [0.25, 0.3) is 0 Å². The molecular weight excluding hydrogens is 394 g/mol. The smallest absolute Gasteiger partial charge is 0.410 e. The van der Waals surface area contributed by atoms with E-state index < -0.39 is 5.60 Å². The SMILES string of the molecule is CCNC(=NCC(C)N1CCOCC1)N1CCC(CN(CC)C(=O)OC(C)(C)C)CC1. The number of guanidine groups is 1. The van der Waals surface area contributed by atoms with Crippen LogP contribution in [0.4, 0.5) is 4.79 Å². The summed E-state index contributed by atoms with van der Waals surface area (Å²) in [5.74, 6) is 1.51. The molecule has 1 unspecified atom stereocenters. The minimum absolute atomic E-state index is 0.204. The number of carbonyl (C=O) groups excluding carboxylic acids is 1. The summed E-state index contributed by atoms with van der Waals surface area (Å²) in [6, 6.07) is 0.419. The van der Waals surface area contributed by atoms with Crippen molar-refractivity contribution >= 4 is 12.1 Å². The number of aliphatic imine (C=N–C) groups is 1. The van der Waals surface area contributed by atoms with E-state index in [-0.39, 0.29) is 6.09 Å². The fourth-order valence-corrected chi connectivity index (χ4v) is 4.08. The number of carbonyl (C=O) groups is 1. The summed E-state index contributed by atoms with van der Waals surface area (Å²) in [4.78, 5) is 24.1. The van der Waals surface area contributed by atoms with Gasteiger partial charge in [-0.25, -0.2) is 4.79 Å². The third-order valence-electron chi connectivity index (χ3n) is 5.94. The summed E-state index contributed by atoms with van der Waals surface area (Å²) < 4.78 is 11.0. The highest BCUT2D eigenvalue weighted by molar-refractivity contribution is 5.80. The molecule has 2 heterocycles. The Morgan fingerprint density at radius 2 is 1.84 bits per heavy atom. The average Bonchev–Trinajstić information content (AvgIpc) is 2.74. The number of hydrogen-bond donors (Lipinski definition) is 1. The van der Waals surface area contributed by atoms with Gasteiger partial charge in [-0.15, -0.1) is 0 Å². The molecule has 0 radical (unpaired) electrons. The Hall–Kier alpha value is -1.54. The number of nitrogens with zero attached hydrogens (tertiary/aromatic N) is 4.